The minimum Gasteiger partial charge on any atom is -0.306 e. The van der Waals surface area contributed by atoms with Crippen LogP contribution in [0.1, 0.15) is 31.2 Å². The Bertz CT molecular complexity index is 562. The fraction of sp³-hybridized carbons (Fsp3) is 0.533. The highest BCUT2D eigenvalue weighted by atomic mass is 15.1. The maximum atomic E-state index is 4.70. The molecule has 0 aliphatic carbocycles. The van der Waals surface area contributed by atoms with Crippen LogP contribution in [0.4, 0.5) is 0 Å². The maximum absolute atomic E-state index is 4.70. The van der Waals surface area contributed by atoms with Crippen LogP contribution in [0.2, 0.25) is 0 Å². The van der Waals surface area contributed by atoms with Crippen molar-refractivity contribution >= 4 is 5.52 Å². The summed E-state index contributed by atoms with van der Waals surface area (Å²) < 4.78 is 2.28. The molecule has 3 heterocycles. The Morgan fingerprint density at radius 3 is 2.67 bits per heavy atom. The van der Waals surface area contributed by atoms with Crippen LogP contribution in [0.25, 0.3) is 5.52 Å². The van der Waals surface area contributed by atoms with E-state index >= 15 is 0 Å². The molecule has 18 heavy (non-hydrogen) atoms. The van der Waals surface area contributed by atoms with E-state index in [1.165, 1.54) is 29.7 Å². The zero-order valence-electron chi connectivity index (χ0n) is 11.5. The van der Waals surface area contributed by atoms with Gasteiger partial charge in [0.05, 0.1) is 11.7 Å². The van der Waals surface area contributed by atoms with Crippen molar-refractivity contribution in [3.05, 3.63) is 35.9 Å². The molecule has 2 aromatic heterocycles. The summed E-state index contributed by atoms with van der Waals surface area (Å²) in [5, 5.41) is 0. The Labute approximate surface area is 108 Å². The lowest BCUT2D eigenvalue weighted by Crippen LogP contribution is -2.40. The van der Waals surface area contributed by atoms with Crippen LogP contribution in [0.5, 0.6) is 0 Å². The van der Waals surface area contributed by atoms with E-state index in [1.54, 1.807) is 0 Å². The lowest BCUT2D eigenvalue weighted by molar-refractivity contribution is 0.192. The van der Waals surface area contributed by atoms with Gasteiger partial charge in [-0.05, 0) is 51.5 Å². The molecule has 1 aliphatic heterocycles. The predicted molar refractivity (Wildman–Crippen MR) is 74.0 cm³/mol. The van der Waals surface area contributed by atoms with Crippen molar-refractivity contribution in [1.82, 2.24) is 14.3 Å². The molecule has 0 atom stereocenters. The van der Waals surface area contributed by atoms with Crippen molar-refractivity contribution in [3.63, 3.8) is 0 Å². The summed E-state index contributed by atoms with van der Waals surface area (Å²) in [6, 6.07) is 4.31. The van der Waals surface area contributed by atoms with E-state index < -0.39 is 0 Å². The van der Waals surface area contributed by atoms with Crippen LogP contribution >= 0.6 is 0 Å². The molecule has 2 aromatic rings. The zero-order valence-corrected chi connectivity index (χ0v) is 11.5. The van der Waals surface area contributed by atoms with Crippen molar-refractivity contribution in [2.24, 2.45) is 0 Å². The average Bonchev–Trinajstić information content (AvgIpc) is 2.77. The second kappa shape index (κ2) is 4.09. The van der Waals surface area contributed by atoms with Gasteiger partial charge in [-0.1, -0.05) is 13.0 Å². The van der Waals surface area contributed by atoms with Crippen LogP contribution < -0.4 is 0 Å². The zero-order chi connectivity index (χ0) is 12.8. The Morgan fingerprint density at radius 2 is 1.94 bits per heavy atom. The molecule has 0 unspecified atom stereocenters. The molecule has 0 N–H and O–H groups in total. The van der Waals surface area contributed by atoms with Crippen LogP contribution in [-0.2, 0) is 5.41 Å². The Hall–Kier alpha value is -1.35. The molecule has 0 bridgehead atoms. The van der Waals surface area contributed by atoms with Crippen molar-refractivity contribution in [2.45, 2.75) is 32.1 Å². The van der Waals surface area contributed by atoms with E-state index in [0.717, 1.165) is 13.1 Å². The second-order valence-corrected chi connectivity index (χ2v) is 5.95. The summed E-state index contributed by atoms with van der Waals surface area (Å²) in [5.74, 6) is 1.23. The smallest absolute Gasteiger partial charge is 0.119 e. The van der Waals surface area contributed by atoms with Crippen molar-refractivity contribution < 1.29 is 0 Å². The molecule has 96 valence electrons. The number of hydrogen-bond donors (Lipinski definition) is 0. The summed E-state index contributed by atoms with van der Waals surface area (Å²) in [6.07, 6.45) is 6.59. The first-order valence-corrected chi connectivity index (χ1v) is 6.71. The molecule has 3 rings (SSSR count). The van der Waals surface area contributed by atoms with E-state index in [4.69, 9.17) is 4.98 Å². The van der Waals surface area contributed by atoms with Gasteiger partial charge in [0.25, 0.3) is 0 Å². The van der Waals surface area contributed by atoms with Gasteiger partial charge < -0.3 is 9.30 Å². The van der Waals surface area contributed by atoms with Gasteiger partial charge in [0.2, 0.25) is 0 Å². The third kappa shape index (κ3) is 1.83. The van der Waals surface area contributed by atoms with Gasteiger partial charge in [0.15, 0.2) is 0 Å². The summed E-state index contributed by atoms with van der Waals surface area (Å²) >= 11 is 0. The van der Waals surface area contributed by atoms with Crippen molar-refractivity contribution in [1.29, 1.82) is 0 Å². The Kier molecular flexibility index (Phi) is 2.67. The van der Waals surface area contributed by atoms with Gasteiger partial charge in [-0.2, -0.15) is 0 Å². The van der Waals surface area contributed by atoms with E-state index in [2.05, 4.69) is 48.5 Å². The Morgan fingerprint density at radius 1 is 1.22 bits per heavy atom. The number of pyridine rings is 1. The van der Waals surface area contributed by atoms with Crippen molar-refractivity contribution in [2.75, 3.05) is 20.1 Å². The van der Waals surface area contributed by atoms with E-state index in [0.29, 0.717) is 0 Å². The Balaban J connectivity index is 2.06. The standard InChI is InChI=1S/C15H21N3/c1-12-4-5-13-10-16-14(18(13)11-12)15(2)6-8-17(3)9-7-15/h4-5,10-11H,6-9H2,1-3H3. The normalized spacial score (nSPS) is 20.4. The molecule has 0 radical (unpaired) electrons. The van der Waals surface area contributed by atoms with Gasteiger partial charge in [0, 0.05) is 11.6 Å². The molecule has 0 saturated carbocycles. The highest BCUT2D eigenvalue weighted by Crippen LogP contribution is 2.34. The highest BCUT2D eigenvalue weighted by Gasteiger charge is 2.34. The number of imidazole rings is 1. The molecule has 1 fully saturated rings. The number of hydrogen-bond acceptors (Lipinski definition) is 2. The van der Waals surface area contributed by atoms with Crippen LogP contribution in [-0.4, -0.2) is 34.4 Å². The van der Waals surface area contributed by atoms with Gasteiger partial charge in [-0.15, -0.1) is 0 Å². The van der Waals surface area contributed by atoms with Crippen LogP contribution in [0.15, 0.2) is 24.5 Å². The molecule has 0 amide bonds. The number of aromatic nitrogens is 2. The third-order valence-electron chi connectivity index (χ3n) is 4.31. The van der Waals surface area contributed by atoms with E-state index in [1.807, 2.05) is 6.20 Å². The fourth-order valence-electron chi connectivity index (χ4n) is 2.88. The average molecular weight is 243 g/mol. The second-order valence-electron chi connectivity index (χ2n) is 5.95. The number of aryl methyl sites for hydroxylation is 1. The molecule has 1 aliphatic rings. The minimum atomic E-state index is 0.215. The van der Waals surface area contributed by atoms with Crippen LogP contribution in [0.3, 0.4) is 0 Å². The molecule has 3 nitrogen and oxygen atoms in total. The summed E-state index contributed by atoms with van der Waals surface area (Å²) in [5.41, 5.74) is 2.71. The summed E-state index contributed by atoms with van der Waals surface area (Å²) in [6.45, 7) is 6.83. The molecule has 0 spiro atoms. The highest BCUT2D eigenvalue weighted by molar-refractivity contribution is 5.47. The minimum absolute atomic E-state index is 0.215. The van der Waals surface area contributed by atoms with Gasteiger partial charge in [0.1, 0.15) is 5.82 Å². The molecular formula is C15H21N3. The fourth-order valence-corrected chi connectivity index (χ4v) is 2.88. The van der Waals surface area contributed by atoms with Crippen molar-refractivity contribution in [3.8, 4) is 0 Å². The topological polar surface area (TPSA) is 20.5 Å². The number of rotatable bonds is 1. The largest absolute Gasteiger partial charge is 0.306 e. The maximum Gasteiger partial charge on any atom is 0.119 e. The van der Waals surface area contributed by atoms with E-state index in [9.17, 15) is 0 Å². The number of nitrogens with zero attached hydrogens (tertiary/aromatic N) is 3. The first-order chi connectivity index (χ1) is 8.58. The summed E-state index contributed by atoms with van der Waals surface area (Å²) in [4.78, 5) is 7.11. The lowest BCUT2D eigenvalue weighted by Gasteiger charge is -2.36. The monoisotopic (exact) mass is 243 g/mol. The third-order valence-corrected chi connectivity index (χ3v) is 4.31. The van der Waals surface area contributed by atoms with Gasteiger partial charge in [-0.3, -0.25) is 0 Å². The quantitative estimate of drug-likeness (QED) is 0.767. The first kappa shape index (κ1) is 11.7. The first-order valence-electron chi connectivity index (χ1n) is 6.71. The lowest BCUT2D eigenvalue weighted by atomic mass is 9.79. The van der Waals surface area contributed by atoms with Gasteiger partial charge in [-0.25, -0.2) is 4.98 Å². The number of likely N-dealkylation sites (tertiary alicyclic amines) is 1. The molecule has 1 saturated heterocycles. The van der Waals surface area contributed by atoms with E-state index in [-0.39, 0.29) is 5.41 Å². The molecular weight excluding hydrogens is 222 g/mol. The summed E-state index contributed by atoms with van der Waals surface area (Å²) in [7, 11) is 2.20. The van der Waals surface area contributed by atoms with Crippen LogP contribution in [0, 0.1) is 6.92 Å². The van der Waals surface area contributed by atoms with Gasteiger partial charge >= 0.3 is 0 Å². The molecule has 3 heteroatoms. The number of fused-ring (bicyclic) bond motifs is 1. The number of piperidine rings is 1. The SMILES string of the molecule is Cc1ccc2cnc(C3(C)CCN(C)CC3)n2c1. The molecule has 0 aromatic carbocycles. The predicted octanol–water partition coefficient (Wildman–Crippen LogP) is 2.63.